The molecule has 3 rings (SSSR count). The number of fused-ring (bicyclic) bond motifs is 1. The molecule has 23 heavy (non-hydrogen) atoms. The van der Waals surface area contributed by atoms with Crippen LogP contribution >= 0.6 is 0 Å². The molecule has 6 nitrogen and oxygen atoms in total. The highest BCUT2D eigenvalue weighted by Crippen LogP contribution is 2.37. The van der Waals surface area contributed by atoms with Gasteiger partial charge in [0.2, 0.25) is 0 Å². The smallest absolute Gasteiger partial charge is 0.370 e. The fourth-order valence-corrected chi connectivity index (χ4v) is 2.33. The summed E-state index contributed by atoms with van der Waals surface area (Å²) < 4.78 is 44.5. The SMILES string of the molecule is Cc1ncc(CCNc2cc(C(F)(F)F)c3c(C)noc3n2)[nH]1. The summed E-state index contributed by atoms with van der Waals surface area (Å²) in [6.07, 6.45) is -2.24. The molecule has 0 spiro atoms. The molecule has 0 aromatic carbocycles. The molecule has 0 amide bonds. The molecule has 0 fully saturated rings. The first kappa shape index (κ1) is 15.3. The van der Waals surface area contributed by atoms with E-state index in [4.69, 9.17) is 4.52 Å². The van der Waals surface area contributed by atoms with Gasteiger partial charge in [0.1, 0.15) is 11.6 Å². The van der Waals surface area contributed by atoms with E-state index >= 15 is 0 Å². The summed E-state index contributed by atoms with van der Waals surface area (Å²) in [6, 6.07) is 0.977. The number of pyridine rings is 1. The molecule has 0 saturated heterocycles. The van der Waals surface area contributed by atoms with E-state index in [1.54, 1.807) is 6.20 Å². The quantitative estimate of drug-likeness (QED) is 0.770. The van der Waals surface area contributed by atoms with E-state index in [0.717, 1.165) is 17.6 Å². The largest absolute Gasteiger partial charge is 0.417 e. The van der Waals surface area contributed by atoms with Crippen LogP contribution in [0.5, 0.6) is 0 Å². The Balaban J connectivity index is 1.83. The van der Waals surface area contributed by atoms with Crippen LogP contribution in [0.1, 0.15) is 22.8 Å². The Kier molecular flexibility index (Phi) is 3.70. The van der Waals surface area contributed by atoms with E-state index in [2.05, 4.69) is 25.4 Å². The molecule has 9 heteroatoms. The third-order valence-electron chi connectivity index (χ3n) is 3.38. The van der Waals surface area contributed by atoms with E-state index in [1.807, 2.05) is 6.92 Å². The van der Waals surface area contributed by atoms with Crippen molar-refractivity contribution in [3.05, 3.63) is 35.0 Å². The average molecular weight is 325 g/mol. The van der Waals surface area contributed by atoms with Gasteiger partial charge in [0.15, 0.2) is 0 Å². The van der Waals surface area contributed by atoms with Crippen molar-refractivity contribution in [3.63, 3.8) is 0 Å². The summed E-state index contributed by atoms with van der Waals surface area (Å²) in [4.78, 5) is 11.2. The van der Waals surface area contributed by atoms with E-state index in [1.165, 1.54) is 6.92 Å². The predicted octanol–water partition coefficient (Wildman–Crippen LogP) is 3.24. The van der Waals surface area contributed by atoms with Crippen LogP contribution in [0.25, 0.3) is 11.1 Å². The number of aromatic nitrogens is 4. The zero-order chi connectivity index (χ0) is 16.6. The summed E-state index contributed by atoms with van der Waals surface area (Å²) in [5.41, 5.74) is 0.125. The lowest BCUT2D eigenvalue weighted by molar-refractivity contribution is -0.136. The summed E-state index contributed by atoms with van der Waals surface area (Å²) in [5.74, 6) is 0.883. The molecule has 0 atom stereocenters. The van der Waals surface area contributed by atoms with Gasteiger partial charge in [0.05, 0.1) is 16.6 Å². The van der Waals surface area contributed by atoms with Gasteiger partial charge in [-0.3, -0.25) is 0 Å². The van der Waals surface area contributed by atoms with Gasteiger partial charge < -0.3 is 14.8 Å². The second-order valence-corrected chi connectivity index (χ2v) is 5.17. The van der Waals surface area contributed by atoms with Crippen LogP contribution in [0.2, 0.25) is 0 Å². The number of anilines is 1. The van der Waals surface area contributed by atoms with Crippen molar-refractivity contribution in [2.45, 2.75) is 26.4 Å². The standard InChI is InChI=1S/C14H14F3N5O/c1-7-12-10(14(15,16)17)5-11(21-13(12)23-22-7)18-4-3-9-6-19-8(2)20-9/h5-6H,3-4H2,1-2H3,(H,18,21)(H,19,20). The molecule has 0 aliphatic heterocycles. The van der Waals surface area contributed by atoms with Crippen molar-refractivity contribution in [1.29, 1.82) is 0 Å². The van der Waals surface area contributed by atoms with Crippen LogP contribution in [-0.4, -0.2) is 26.7 Å². The number of imidazole rings is 1. The van der Waals surface area contributed by atoms with Crippen molar-refractivity contribution in [2.24, 2.45) is 0 Å². The number of hydrogen-bond donors (Lipinski definition) is 2. The Morgan fingerprint density at radius 2 is 2.09 bits per heavy atom. The first-order chi connectivity index (χ1) is 10.8. The maximum absolute atomic E-state index is 13.2. The molecule has 0 aliphatic rings. The number of H-pyrrole nitrogens is 1. The van der Waals surface area contributed by atoms with Crippen molar-refractivity contribution in [1.82, 2.24) is 20.1 Å². The van der Waals surface area contributed by atoms with Gasteiger partial charge in [0.25, 0.3) is 5.71 Å². The molecular formula is C14H14F3N5O. The van der Waals surface area contributed by atoms with Crippen LogP contribution < -0.4 is 5.32 Å². The van der Waals surface area contributed by atoms with Gasteiger partial charge in [-0.05, 0) is 19.9 Å². The van der Waals surface area contributed by atoms with E-state index in [0.29, 0.717) is 13.0 Å². The first-order valence-corrected chi connectivity index (χ1v) is 6.93. The Labute approximate surface area is 129 Å². The lowest BCUT2D eigenvalue weighted by Gasteiger charge is -2.11. The van der Waals surface area contributed by atoms with E-state index in [9.17, 15) is 13.2 Å². The minimum Gasteiger partial charge on any atom is -0.370 e. The topological polar surface area (TPSA) is 79.6 Å². The fourth-order valence-electron chi connectivity index (χ4n) is 2.33. The Bertz CT molecular complexity index is 837. The minimum atomic E-state index is -4.51. The summed E-state index contributed by atoms with van der Waals surface area (Å²) in [7, 11) is 0. The van der Waals surface area contributed by atoms with Crippen LogP contribution in [0.15, 0.2) is 16.8 Å². The number of hydrogen-bond acceptors (Lipinski definition) is 5. The lowest BCUT2D eigenvalue weighted by atomic mass is 10.1. The Hall–Kier alpha value is -2.58. The van der Waals surface area contributed by atoms with Crippen molar-refractivity contribution < 1.29 is 17.7 Å². The number of nitrogens with zero attached hydrogens (tertiary/aromatic N) is 3. The molecule has 3 aromatic heterocycles. The Morgan fingerprint density at radius 1 is 1.30 bits per heavy atom. The van der Waals surface area contributed by atoms with Crippen LogP contribution in [0, 0.1) is 13.8 Å². The molecule has 3 heterocycles. The van der Waals surface area contributed by atoms with Gasteiger partial charge in [-0.15, -0.1) is 0 Å². The van der Waals surface area contributed by atoms with Crippen molar-refractivity contribution >= 4 is 16.9 Å². The second kappa shape index (κ2) is 5.56. The monoisotopic (exact) mass is 325 g/mol. The summed E-state index contributed by atoms with van der Waals surface area (Å²) in [5, 5.41) is 6.33. The first-order valence-electron chi connectivity index (χ1n) is 6.93. The van der Waals surface area contributed by atoms with E-state index < -0.39 is 11.7 Å². The molecule has 122 valence electrons. The Morgan fingerprint density at radius 3 is 2.74 bits per heavy atom. The fraction of sp³-hybridized carbons (Fsp3) is 0.357. The number of rotatable bonds is 4. The number of halogens is 3. The van der Waals surface area contributed by atoms with Crippen molar-refractivity contribution in [3.8, 4) is 0 Å². The molecule has 0 bridgehead atoms. The van der Waals surface area contributed by atoms with Crippen LogP contribution in [-0.2, 0) is 12.6 Å². The van der Waals surface area contributed by atoms with Gasteiger partial charge in [0, 0.05) is 24.9 Å². The maximum atomic E-state index is 13.2. The molecule has 2 N–H and O–H groups in total. The second-order valence-electron chi connectivity index (χ2n) is 5.17. The van der Waals surface area contributed by atoms with Crippen LogP contribution in [0.3, 0.4) is 0 Å². The molecule has 0 unspecified atom stereocenters. The summed E-state index contributed by atoms with van der Waals surface area (Å²) >= 11 is 0. The molecule has 0 saturated carbocycles. The highest BCUT2D eigenvalue weighted by molar-refractivity contribution is 5.82. The van der Waals surface area contributed by atoms with Gasteiger partial charge >= 0.3 is 6.18 Å². The third kappa shape index (κ3) is 3.13. The highest BCUT2D eigenvalue weighted by Gasteiger charge is 2.35. The highest BCUT2D eigenvalue weighted by atomic mass is 19.4. The zero-order valence-electron chi connectivity index (χ0n) is 12.5. The predicted molar refractivity (Wildman–Crippen MR) is 77.1 cm³/mol. The lowest BCUT2D eigenvalue weighted by Crippen LogP contribution is -2.11. The number of nitrogens with one attached hydrogen (secondary N) is 2. The maximum Gasteiger partial charge on any atom is 0.417 e. The van der Waals surface area contributed by atoms with Gasteiger partial charge in [-0.1, -0.05) is 5.16 Å². The third-order valence-corrected chi connectivity index (χ3v) is 3.38. The zero-order valence-corrected chi connectivity index (χ0v) is 12.5. The van der Waals surface area contributed by atoms with Gasteiger partial charge in [-0.25, -0.2) is 4.98 Å². The van der Waals surface area contributed by atoms with Crippen LogP contribution in [0.4, 0.5) is 19.0 Å². The molecular weight excluding hydrogens is 311 g/mol. The minimum absolute atomic E-state index is 0.0946. The molecule has 3 aromatic rings. The number of aryl methyl sites for hydroxylation is 2. The number of alkyl halides is 3. The molecule has 0 aliphatic carbocycles. The van der Waals surface area contributed by atoms with Gasteiger partial charge in [-0.2, -0.15) is 18.2 Å². The average Bonchev–Trinajstić information content (AvgIpc) is 3.04. The summed E-state index contributed by atoms with van der Waals surface area (Å²) in [6.45, 7) is 3.69. The van der Waals surface area contributed by atoms with Crippen molar-refractivity contribution in [2.75, 3.05) is 11.9 Å². The molecule has 0 radical (unpaired) electrons. The number of aromatic amines is 1. The van der Waals surface area contributed by atoms with E-state index in [-0.39, 0.29) is 22.6 Å². The normalized spacial score (nSPS) is 12.0.